The van der Waals surface area contributed by atoms with Gasteiger partial charge in [-0.2, -0.15) is 0 Å². The molecule has 0 aromatic rings. The van der Waals surface area contributed by atoms with Crippen LogP contribution in [0.25, 0.3) is 0 Å². The zero-order chi connectivity index (χ0) is 16.6. The number of hydrogen-bond acceptors (Lipinski definition) is 3. The summed E-state index contributed by atoms with van der Waals surface area (Å²) >= 11 is 2.26. The highest BCUT2D eigenvalue weighted by atomic mass is 127. The number of halogens is 1. The van der Waals surface area contributed by atoms with Gasteiger partial charge in [-0.3, -0.25) is 0 Å². The van der Waals surface area contributed by atoms with Gasteiger partial charge in [0.25, 0.3) is 0 Å². The lowest BCUT2D eigenvalue weighted by molar-refractivity contribution is -0.109. The average molecular weight is 432 g/mol. The Kier molecular flexibility index (Phi) is 3.78. The number of alkyl halides is 1. The monoisotopic (exact) mass is 432 g/mol. The van der Waals surface area contributed by atoms with E-state index in [0.717, 1.165) is 44.9 Å². The van der Waals surface area contributed by atoms with Gasteiger partial charge < -0.3 is 15.3 Å². The maximum atomic E-state index is 10.9. The fourth-order valence-corrected chi connectivity index (χ4v) is 7.57. The van der Waals surface area contributed by atoms with Crippen LogP contribution in [0.15, 0.2) is 11.6 Å². The van der Waals surface area contributed by atoms with Crippen LogP contribution >= 0.6 is 22.6 Å². The molecule has 0 aliphatic heterocycles. The van der Waals surface area contributed by atoms with E-state index < -0.39 is 9.71 Å². The quantitative estimate of drug-likeness (QED) is 0.313. The zero-order valence-electron chi connectivity index (χ0n) is 14.1. The van der Waals surface area contributed by atoms with Crippen molar-refractivity contribution in [1.29, 1.82) is 0 Å². The van der Waals surface area contributed by atoms with Crippen molar-refractivity contribution in [3.63, 3.8) is 0 Å². The SMILES string of the molecule is C[C@]12CCC(O)CC1=CC(O)[C@@H]1[C@H]2CC[C@@]2(C)[C@H]1CCC2(O)I. The molecule has 23 heavy (non-hydrogen) atoms. The van der Waals surface area contributed by atoms with Gasteiger partial charge in [-0.15, -0.1) is 0 Å². The highest BCUT2D eigenvalue weighted by molar-refractivity contribution is 14.1. The molecule has 0 amide bonds. The number of aliphatic hydroxyl groups is 3. The summed E-state index contributed by atoms with van der Waals surface area (Å²) in [7, 11) is 0. The topological polar surface area (TPSA) is 60.7 Å². The molecule has 0 saturated heterocycles. The van der Waals surface area contributed by atoms with E-state index in [1.54, 1.807) is 0 Å². The Morgan fingerprint density at radius 2 is 1.74 bits per heavy atom. The molecule has 4 rings (SSSR count). The minimum absolute atomic E-state index is 0.0778. The molecule has 0 bridgehead atoms. The molecule has 4 aliphatic carbocycles. The molecule has 8 atom stereocenters. The molecule has 0 heterocycles. The summed E-state index contributed by atoms with van der Waals surface area (Å²) < 4.78 is -0.631. The first-order valence-corrected chi connectivity index (χ1v) is 10.3. The smallest absolute Gasteiger partial charge is 0.121 e. The largest absolute Gasteiger partial charge is 0.393 e. The number of aliphatic hydroxyl groups excluding tert-OH is 2. The van der Waals surface area contributed by atoms with Gasteiger partial charge in [-0.1, -0.05) is 25.5 Å². The summed E-state index contributed by atoms with van der Waals surface area (Å²) in [5, 5.41) is 31.9. The summed E-state index contributed by atoms with van der Waals surface area (Å²) in [4.78, 5) is 0. The average Bonchev–Trinajstić information content (AvgIpc) is 2.72. The minimum atomic E-state index is -0.631. The predicted octanol–water partition coefficient (Wildman–Crippen LogP) is 3.40. The van der Waals surface area contributed by atoms with Crippen LogP contribution in [0.1, 0.15) is 58.8 Å². The Labute approximate surface area is 152 Å². The van der Waals surface area contributed by atoms with Crippen molar-refractivity contribution in [2.45, 2.75) is 74.6 Å². The second-order valence-corrected chi connectivity index (χ2v) is 10.8. The summed E-state index contributed by atoms with van der Waals surface area (Å²) in [6.45, 7) is 4.61. The fourth-order valence-electron chi connectivity index (χ4n) is 6.59. The fraction of sp³-hybridized carbons (Fsp3) is 0.895. The first-order valence-electron chi connectivity index (χ1n) is 9.18. The van der Waals surface area contributed by atoms with Gasteiger partial charge >= 0.3 is 0 Å². The first kappa shape index (κ1) is 16.8. The van der Waals surface area contributed by atoms with E-state index in [1.165, 1.54) is 5.57 Å². The molecule has 3 nitrogen and oxygen atoms in total. The molecule has 0 aromatic carbocycles. The van der Waals surface area contributed by atoms with E-state index in [4.69, 9.17) is 0 Å². The lowest BCUT2D eigenvalue weighted by Crippen LogP contribution is -2.56. The van der Waals surface area contributed by atoms with E-state index in [0.29, 0.717) is 11.8 Å². The van der Waals surface area contributed by atoms with Crippen molar-refractivity contribution < 1.29 is 15.3 Å². The molecule has 0 spiro atoms. The van der Waals surface area contributed by atoms with Crippen LogP contribution in [0.2, 0.25) is 0 Å². The maximum Gasteiger partial charge on any atom is 0.121 e. The third kappa shape index (κ3) is 2.17. The van der Waals surface area contributed by atoms with E-state index >= 15 is 0 Å². The van der Waals surface area contributed by atoms with Crippen molar-refractivity contribution in [2.24, 2.45) is 28.6 Å². The summed E-state index contributed by atoms with van der Waals surface area (Å²) in [6.07, 6.45) is 8.07. The Balaban J connectivity index is 1.74. The van der Waals surface area contributed by atoms with Crippen molar-refractivity contribution in [3.05, 3.63) is 11.6 Å². The molecule has 4 heteroatoms. The van der Waals surface area contributed by atoms with Gasteiger partial charge in [0.1, 0.15) is 3.61 Å². The van der Waals surface area contributed by atoms with Crippen molar-refractivity contribution in [1.82, 2.24) is 0 Å². The van der Waals surface area contributed by atoms with Crippen LogP contribution in [0.3, 0.4) is 0 Å². The van der Waals surface area contributed by atoms with Crippen LogP contribution in [0, 0.1) is 28.6 Å². The minimum Gasteiger partial charge on any atom is -0.393 e. The highest BCUT2D eigenvalue weighted by Crippen LogP contribution is 2.68. The number of rotatable bonds is 0. The van der Waals surface area contributed by atoms with Gasteiger partial charge in [0.05, 0.1) is 12.2 Å². The van der Waals surface area contributed by atoms with Gasteiger partial charge in [-0.25, -0.2) is 0 Å². The summed E-state index contributed by atoms with van der Waals surface area (Å²) in [6, 6.07) is 0. The van der Waals surface area contributed by atoms with Crippen LogP contribution in [-0.4, -0.2) is 31.1 Å². The van der Waals surface area contributed by atoms with Gasteiger partial charge in [0, 0.05) is 5.41 Å². The molecule has 3 fully saturated rings. The van der Waals surface area contributed by atoms with Gasteiger partial charge in [0.2, 0.25) is 0 Å². The molecule has 3 N–H and O–H groups in total. The Morgan fingerprint density at radius 1 is 1.04 bits per heavy atom. The molecule has 3 saturated carbocycles. The van der Waals surface area contributed by atoms with Crippen molar-refractivity contribution >= 4 is 22.6 Å². The van der Waals surface area contributed by atoms with Gasteiger partial charge in [-0.05, 0) is 90.7 Å². The Morgan fingerprint density at radius 3 is 2.48 bits per heavy atom. The first-order chi connectivity index (χ1) is 10.7. The van der Waals surface area contributed by atoms with E-state index in [9.17, 15) is 15.3 Å². The zero-order valence-corrected chi connectivity index (χ0v) is 16.3. The summed E-state index contributed by atoms with van der Waals surface area (Å²) in [5.41, 5.74) is 1.35. The predicted molar refractivity (Wildman–Crippen MR) is 98.1 cm³/mol. The second kappa shape index (κ2) is 5.18. The van der Waals surface area contributed by atoms with Crippen LogP contribution in [-0.2, 0) is 0 Å². The van der Waals surface area contributed by atoms with Crippen LogP contribution in [0.5, 0.6) is 0 Å². The van der Waals surface area contributed by atoms with E-state index in [1.807, 2.05) is 0 Å². The van der Waals surface area contributed by atoms with Crippen LogP contribution < -0.4 is 0 Å². The Hall–Kier alpha value is 0.350. The molecule has 4 aliphatic rings. The maximum absolute atomic E-state index is 10.9. The molecule has 130 valence electrons. The third-order valence-electron chi connectivity index (χ3n) is 8.15. The standard InChI is InChI=1S/C19H29IO3/c1-17-6-3-12(21)9-11(17)10-15(22)16-13(17)4-7-18(2)14(16)5-8-19(18,20)23/h10,12-16,21-23H,3-9H2,1-2H3/t12?,13-,14+,15?,16-,17+,18+,19?/m1/s1. The van der Waals surface area contributed by atoms with Gasteiger partial charge in [0.15, 0.2) is 0 Å². The lowest BCUT2D eigenvalue weighted by Gasteiger charge is -2.59. The van der Waals surface area contributed by atoms with E-state index in [2.05, 4.69) is 42.5 Å². The van der Waals surface area contributed by atoms with Crippen LogP contribution in [0.4, 0.5) is 0 Å². The molecule has 0 aromatic heterocycles. The normalized spacial score (nSPS) is 58.9. The Bertz CT molecular complexity index is 545. The molecular formula is C19H29IO3. The molecule has 3 unspecified atom stereocenters. The molecule has 0 radical (unpaired) electrons. The number of hydrogen-bond donors (Lipinski definition) is 3. The van der Waals surface area contributed by atoms with Crippen molar-refractivity contribution in [3.8, 4) is 0 Å². The lowest BCUT2D eigenvalue weighted by atomic mass is 9.47. The summed E-state index contributed by atoms with van der Waals surface area (Å²) in [5.74, 6) is 1.16. The van der Waals surface area contributed by atoms with Crippen molar-refractivity contribution in [2.75, 3.05) is 0 Å². The number of fused-ring (bicyclic) bond motifs is 5. The highest BCUT2D eigenvalue weighted by Gasteiger charge is 2.64. The second-order valence-electron chi connectivity index (χ2n) is 9.04. The third-order valence-corrected chi connectivity index (χ3v) is 9.93. The van der Waals surface area contributed by atoms with E-state index in [-0.39, 0.29) is 22.9 Å². The molecular weight excluding hydrogens is 403 g/mol.